The molecule has 2 aromatic rings. The number of aliphatic imine (C=N–C) groups is 1. The molecule has 29 heavy (non-hydrogen) atoms. The fraction of sp³-hybridized carbons (Fsp3) is 0.409. The van der Waals surface area contributed by atoms with E-state index in [1.807, 2.05) is 19.1 Å². The van der Waals surface area contributed by atoms with Gasteiger partial charge in [0.05, 0.1) is 5.75 Å². The third-order valence-electron chi connectivity index (χ3n) is 4.58. The zero-order chi connectivity index (χ0) is 20.2. The van der Waals surface area contributed by atoms with Gasteiger partial charge in [0.2, 0.25) is 0 Å². The molecule has 0 saturated heterocycles. The Hall–Kier alpha value is -1.61. The molecule has 0 bridgehead atoms. The van der Waals surface area contributed by atoms with Gasteiger partial charge >= 0.3 is 0 Å². The van der Waals surface area contributed by atoms with Crippen LogP contribution in [0.3, 0.4) is 0 Å². The van der Waals surface area contributed by atoms with Gasteiger partial charge in [-0.25, -0.2) is 8.42 Å². The molecule has 5 nitrogen and oxygen atoms in total. The van der Waals surface area contributed by atoms with Gasteiger partial charge in [-0.05, 0) is 24.5 Å². The molecule has 7 heteroatoms. The van der Waals surface area contributed by atoms with E-state index in [0.717, 1.165) is 13.0 Å². The van der Waals surface area contributed by atoms with Crippen LogP contribution in [0.15, 0.2) is 65.7 Å². The number of benzene rings is 2. The minimum absolute atomic E-state index is 0. The first-order valence-corrected chi connectivity index (χ1v) is 11.7. The van der Waals surface area contributed by atoms with Gasteiger partial charge in [0.15, 0.2) is 15.8 Å². The van der Waals surface area contributed by atoms with E-state index >= 15 is 0 Å². The first-order valence-electron chi connectivity index (χ1n) is 9.88. The van der Waals surface area contributed by atoms with Crippen LogP contribution in [-0.4, -0.2) is 45.5 Å². The third kappa shape index (κ3) is 9.16. The topological polar surface area (TPSA) is 70.6 Å². The molecule has 0 aliphatic carbocycles. The maximum atomic E-state index is 11.7. The van der Waals surface area contributed by atoms with E-state index in [1.54, 1.807) is 6.92 Å². The highest BCUT2D eigenvalue weighted by Gasteiger charge is 2.13. The summed E-state index contributed by atoms with van der Waals surface area (Å²) in [6.07, 6.45) is 0.873. The lowest BCUT2D eigenvalue weighted by Crippen LogP contribution is -2.39. The number of nitrogens with zero attached hydrogens (tertiary/aromatic N) is 1. The smallest absolute Gasteiger partial charge is 0.191 e. The van der Waals surface area contributed by atoms with Crippen LogP contribution in [0.4, 0.5) is 0 Å². The van der Waals surface area contributed by atoms with E-state index < -0.39 is 9.84 Å². The van der Waals surface area contributed by atoms with Crippen molar-refractivity contribution in [2.24, 2.45) is 4.99 Å². The van der Waals surface area contributed by atoms with E-state index in [1.165, 1.54) is 11.1 Å². The fourth-order valence-electron chi connectivity index (χ4n) is 3.01. The van der Waals surface area contributed by atoms with Crippen LogP contribution in [0.2, 0.25) is 0 Å². The predicted molar refractivity (Wildman–Crippen MR) is 133 cm³/mol. The molecule has 2 N–H and O–H groups in total. The van der Waals surface area contributed by atoms with Crippen molar-refractivity contribution in [3.63, 3.8) is 0 Å². The zero-order valence-electron chi connectivity index (χ0n) is 17.2. The van der Waals surface area contributed by atoms with Crippen molar-refractivity contribution in [1.29, 1.82) is 0 Å². The van der Waals surface area contributed by atoms with Gasteiger partial charge in [0.1, 0.15) is 0 Å². The summed E-state index contributed by atoms with van der Waals surface area (Å²) in [5.74, 6) is 1.21. The number of guanidine groups is 1. The van der Waals surface area contributed by atoms with Gasteiger partial charge in [-0.2, -0.15) is 0 Å². The first-order chi connectivity index (χ1) is 13.6. The first kappa shape index (κ1) is 25.4. The summed E-state index contributed by atoms with van der Waals surface area (Å²) in [6.45, 7) is 5.40. The Morgan fingerprint density at radius 2 is 1.48 bits per heavy atom. The lowest BCUT2D eigenvalue weighted by molar-refractivity contribution is 0.595. The van der Waals surface area contributed by atoms with Gasteiger partial charge in [-0.3, -0.25) is 4.99 Å². The van der Waals surface area contributed by atoms with E-state index in [2.05, 4.69) is 64.2 Å². The summed E-state index contributed by atoms with van der Waals surface area (Å²) < 4.78 is 23.3. The lowest BCUT2D eigenvalue weighted by Gasteiger charge is -2.18. The Bertz CT molecular complexity index is 788. The monoisotopic (exact) mass is 529 g/mol. The quantitative estimate of drug-likeness (QED) is 0.279. The molecular weight excluding hydrogens is 497 g/mol. The Morgan fingerprint density at radius 1 is 0.931 bits per heavy atom. The Labute approximate surface area is 192 Å². The number of halogens is 1. The second kappa shape index (κ2) is 13.6. The molecule has 2 rings (SSSR count). The second-order valence-corrected chi connectivity index (χ2v) is 9.06. The molecular formula is C22H32IN3O2S. The van der Waals surface area contributed by atoms with Crippen LogP contribution in [0.1, 0.15) is 37.3 Å². The van der Waals surface area contributed by atoms with Crippen LogP contribution in [0.25, 0.3) is 0 Å². The Morgan fingerprint density at radius 3 is 1.97 bits per heavy atom. The average molecular weight is 529 g/mol. The molecule has 0 aliphatic heterocycles. The fourth-order valence-corrected chi connectivity index (χ4v) is 3.71. The SMILES string of the molecule is CCNC(=NCCC(c1ccccc1)c1ccccc1)NCCS(=O)(=O)CC.I. The van der Waals surface area contributed by atoms with Crippen LogP contribution < -0.4 is 10.6 Å². The summed E-state index contributed by atoms with van der Waals surface area (Å²) in [5.41, 5.74) is 2.55. The number of sulfone groups is 1. The van der Waals surface area contributed by atoms with Crippen molar-refractivity contribution in [1.82, 2.24) is 10.6 Å². The minimum Gasteiger partial charge on any atom is -0.357 e. The molecule has 0 atom stereocenters. The van der Waals surface area contributed by atoms with Crippen molar-refractivity contribution < 1.29 is 8.42 Å². The molecule has 0 unspecified atom stereocenters. The van der Waals surface area contributed by atoms with Gasteiger partial charge in [-0.15, -0.1) is 24.0 Å². The van der Waals surface area contributed by atoms with Gasteiger partial charge in [-0.1, -0.05) is 67.6 Å². The number of hydrogen-bond donors (Lipinski definition) is 2. The maximum absolute atomic E-state index is 11.7. The molecule has 2 aromatic carbocycles. The van der Waals surface area contributed by atoms with Crippen molar-refractivity contribution in [2.45, 2.75) is 26.2 Å². The van der Waals surface area contributed by atoms with Gasteiger partial charge < -0.3 is 10.6 Å². The molecule has 0 fully saturated rings. The van der Waals surface area contributed by atoms with E-state index in [9.17, 15) is 8.42 Å². The van der Waals surface area contributed by atoms with Crippen LogP contribution >= 0.6 is 24.0 Å². The van der Waals surface area contributed by atoms with Crippen molar-refractivity contribution in [3.8, 4) is 0 Å². The lowest BCUT2D eigenvalue weighted by atomic mass is 9.89. The third-order valence-corrected chi connectivity index (χ3v) is 6.29. The van der Waals surface area contributed by atoms with E-state index in [-0.39, 0.29) is 41.4 Å². The summed E-state index contributed by atoms with van der Waals surface area (Å²) in [6, 6.07) is 20.9. The van der Waals surface area contributed by atoms with Crippen molar-refractivity contribution in [2.75, 3.05) is 31.1 Å². The molecule has 0 saturated carbocycles. The van der Waals surface area contributed by atoms with Gasteiger partial charge in [0.25, 0.3) is 0 Å². The maximum Gasteiger partial charge on any atom is 0.191 e. The number of rotatable bonds is 10. The largest absolute Gasteiger partial charge is 0.357 e. The van der Waals surface area contributed by atoms with E-state index in [4.69, 9.17) is 0 Å². The van der Waals surface area contributed by atoms with Crippen LogP contribution in [-0.2, 0) is 9.84 Å². The molecule has 0 amide bonds. The summed E-state index contributed by atoms with van der Waals surface area (Å²) in [4.78, 5) is 4.65. The van der Waals surface area contributed by atoms with Crippen molar-refractivity contribution >= 4 is 39.8 Å². The average Bonchev–Trinajstić information content (AvgIpc) is 2.72. The minimum atomic E-state index is -2.98. The zero-order valence-corrected chi connectivity index (χ0v) is 20.3. The highest BCUT2D eigenvalue weighted by atomic mass is 127. The molecule has 0 aliphatic rings. The molecule has 160 valence electrons. The predicted octanol–water partition coefficient (Wildman–Crippen LogP) is 3.82. The summed E-state index contributed by atoms with van der Waals surface area (Å²) in [7, 11) is -2.98. The summed E-state index contributed by atoms with van der Waals surface area (Å²) >= 11 is 0. The second-order valence-electron chi connectivity index (χ2n) is 6.59. The van der Waals surface area contributed by atoms with Gasteiger partial charge in [0, 0.05) is 31.3 Å². The number of nitrogens with one attached hydrogen (secondary N) is 2. The van der Waals surface area contributed by atoms with Crippen LogP contribution in [0, 0.1) is 0 Å². The summed E-state index contributed by atoms with van der Waals surface area (Å²) in [5, 5.41) is 6.31. The number of hydrogen-bond acceptors (Lipinski definition) is 3. The molecule has 0 radical (unpaired) electrons. The molecule has 0 heterocycles. The Balaban J connectivity index is 0.00000420. The highest BCUT2D eigenvalue weighted by Crippen LogP contribution is 2.27. The molecule has 0 spiro atoms. The standard InChI is InChI=1S/C22H31N3O2S.HI/c1-3-23-22(25-17-18-28(26,27)4-2)24-16-15-21(19-11-7-5-8-12-19)20-13-9-6-10-14-20;/h5-14,21H,3-4,15-18H2,1-2H3,(H2,23,24,25);1H. The van der Waals surface area contributed by atoms with E-state index in [0.29, 0.717) is 19.0 Å². The van der Waals surface area contributed by atoms with Crippen molar-refractivity contribution in [3.05, 3.63) is 71.8 Å². The highest BCUT2D eigenvalue weighted by molar-refractivity contribution is 14.0. The molecule has 0 aromatic heterocycles. The Kier molecular flexibility index (Phi) is 11.9. The van der Waals surface area contributed by atoms with Crippen LogP contribution in [0.5, 0.6) is 0 Å². The normalized spacial score (nSPS) is 11.8.